The molecule has 1 N–H and O–H groups in total. The molecular formula is C20H25NO3. The number of para-hydroxylation sites is 1. The molecule has 2 aliphatic heterocycles. The molecule has 1 aromatic rings. The van der Waals surface area contributed by atoms with Crippen LogP contribution in [0.2, 0.25) is 0 Å². The minimum Gasteiger partial charge on any atom is -0.390 e. The molecule has 4 aliphatic rings. The minimum absolute atomic E-state index is 0.0763. The molecule has 128 valence electrons. The first-order valence-corrected chi connectivity index (χ1v) is 9.15. The second-order valence-electron chi connectivity index (χ2n) is 8.51. The average Bonchev–Trinajstić information content (AvgIpc) is 3.17. The molecule has 24 heavy (non-hydrogen) atoms. The summed E-state index contributed by atoms with van der Waals surface area (Å²) < 4.78 is 6.59. The fraction of sp³-hybridized carbons (Fsp3) is 0.650. The number of fused-ring (bicyclic) bond motifs is 2. The summed E-state index contributed by atoms with van der Waals surface area (Å²) in [7, 11) is 0. The number of benzene rings is 1. The highest BCUT2D eigenvalue weighted by atomic mass is 16.6. The number of ether oxygens (including phenoxy) is 1. The maximum atomic E-state index is 13.5. The summed E-state index contributed by atoms with van der Waals surface area (Å²) in [6.45, 7) is 8.45. The van der Waals surface area contributed by atoms with Crippen molar-refractivity contribution in [2.24, 2.45) is 29.6 Å². The van der Waals surface area contributed by atoms with Gasteiger partial charge >= 0.3 is 0 Å². The van der Waals surface area contributed by atoms with Gasteiger partial charge in [0.05, 0.1) is 23.8 Å². The van der Waals surface area contributed by atoms with Crippen LogP contribution in [0.25, 0.3) is 0 Å². The molecule has 2 aliphatic carbocycles. The van der Waals surface area contributed by atoms with E-state index < -0.39 is 11.8 Å². The standard InChI is InChI=1S/C20H25NO3/c1-9(2)20-15-13-8-12(17(22)18(13)24-20)14(15)19(23)21(20)16-10(3)6-5-7-11(16)4/h5-7,9,12-15,17-18,22H,8H2,1-4H3/t12-,13-,14-,15-,17-,18+,20-/m1/s1. The second kappa shape index (κ2) is 4.41. The zero-order chi connectivity index (χ0) is 17.0. The van der Waals surface area contributed by atoms with Crippen molar-refractivity contribution in [1.29, 1.82) is 0 Å². The maximum Gasteiger partial charge on any atom is 0.233 e. The van der Waals surface area contributed by atoms with Crippen LogP contribution in [0, 0.1) is 43.4 Å². The van der Waals surface area contributed by atoms with Gasteiger partial charge in [0, 0.05) is 11.8 Å². The van der Waals surface area contributed by atoms with Crippen molar-refractivity contribution in [2.45, 2.75) is 52.0 Å². The van der Waals surface area contributed by atoms with Crippen LogP contribution in [0.5, 0.6) is 0 Å². The van der Waals surface area contributed by atoms with Gasteiger partial charge in [0.25, 0.3) is 0 Å². The Hall–Kier alpha value is -1.39. The molecule has 4 fully saturated rings. The van der Waals surface area contributed by atoms with Crippen molar-refractivity contribution in [3.8, 4) is 0 Å². The van der Waals surface area contributed by atoms with Crippen molar-refractivity contribution in [2.75, 3.05) is 4.90 Å². The molecule has 5 rings (SSSR count). The number of anilines is 1. The van der Waals surface area contributed by atoms with Gasteiger partial charge in [0.15, 0.2) is 5.72 Å². The number of carbonyl (C=O) groups is 1. The zero-order valence-electron chi connectivity index (χ0n) is 14.7. The lowest BCUT2D eigenvalue weighted by Gasteiger charge is -2.43. The van der Waals surface area contributed by atoms with Gasteiger partial charge in [-0.3, -0.25) is 9.69 Å². The van der Waals surface area contributed by atoms with Crippen LogP contribution in [-0.2, 0) is 9.53 Å². The van der Waals surface area contributed by atoms with Crippen LogP contribution >= 0.6 is 0 Å². The SMILES string of the molecule is Cc1cccc(C)c1N1C(=O)[C@@H]2[C@H]3C[C@H]4[C@H](O[C@]1(C(C)C)[C@H]42)[C@@H]3O. The van der Waals surface area contributed by atoms with E-state index >= 15 is 0 Å². The van der Waals surface area contributed by atoms with Gasteiger partial charge in [0.1, 0.15) is 0 Å². The molecule has 0 spiro atoms. The van der Waals surface area contributed by atoms with Gasteiger partial charge in [0.2, 0.25) is 5.91 Å². The summed E-state index contributed by atoms with van der Waals surface area (Å²) in [5, 5.41) is 10.6. The quantitative estimate of drug-likeness (QED) is 0.908. The monoisotopic (exact) mass is 327 g/mol. The van der Waals surface area contributed by atoms with E-state index in [4.69, 9.17) is 4.74 Å². The smallest absolute Gasteiger partial charge is 0.233 e. The molecule has 0 aromatic heterocycles. The van der Waals surface area contributed by atoms with Gasteiger partial charge in [-0.25, -0.2) is 0 Å². The Bertz CT molecular complexity index is 724. The molecule has 0 unspecified atom stereocenters. The molecule has 2 saturated heterocycles. The van der Waals surface area contributed by atoms with Gasteiger partial charge in [-0.1, -0.05) is 32.0 Å². The molecule has 2 saturated carbocycles. The van der Waals surface area contributed by atoms with Gasteiger partial charge in [-0.15, -0.1) is 0 Å². The lowest BCUT2D eigenvalue weighted by Crippen LogP contribution is -2.55. The van der Waals surface area contributed by atoms with Crippen LogP contribution in [-0.4, -0.2) is 28.9 Å². The van der Waals surface area contributed by atoms with Gasteiger partial charge in [-0.05, 0) is 43.2 Å². The molecule has 1 aromatic carbocycles. The summed E-state index contributed by atoms with van der Waals surface area (Å²) in [4.78, 5) is 15.5. The number of hydrogen-bond donors (Lipinski definition) is 1. The van der Waals surface area contributed by atoms with E-state index in [0.29, 0.717) is 5.92 Å². The van der Waals surface area contributed by atoms with E-state index in [1.807, 2.05) is 11.0 Å². The number of rotatable bonds is 2. The summed E-state index contributed by atoms with van der Waals surface area (Å²) in [5.74, 6) is 0.901. The number of aliphatic hydroxyl groups is 1. The molecular weight excluding hydrogens is 302 g/mol. The third kappa shape index (κ3) is 1.39. The Balaban J connectivity index is 1.75. The van der Waals surface area contributed by atoms with Crippen molar-refractivity contribution < 1.29 is 14.6 Å². The number of amides is 1. The zero-order valence-corrected chi connectivity index (χ0v) is 14.7. The molecule has 7 atom stereocenters. The van der Waals surface area contributed by atoms with Crippen molar-refractivity contribution in [1.82, 2.24) is 0 Å². The Morgan fingerprint density at radius 3 is 2.54 bits per heavy atom. The minimum atomic E-state index is -0.597. The first-order chi connectivity index (χ1) is 11.4. The van der Waals surface area contributed by atoms with E-state index in [-0.39, 0.29) is 35.7 Å². The maximum absolute atomic E-state index is 13.5. The summed E-state index contributed by atoms with van der Waals surface area (Å²) in [5.41, 5.74) is 2.65. The summed E-state index contributed by atoms with van der Waals surface area (Å²) in [6.07, 6.45) is 0.377. The molecule has 4 heteroatoms. The third-order valence-corrected chi connectivity index (χ3v) is 7.20. The summed E-state index contributed by atoms with van der Waals surface area (Å²) in [6, 6.07) is 6.18. The Kier molecular flexibility index (Phi) is 2.74. The highest BCUT2D eigenvalue weighted by Gasteiger charge is 2.79. The summed E-state index contributed by atoms with van der Waals surface area (Å²) >= 11 is 0. The van der Waals surface area contributed by atoms with Crippen LogP contribution < -0.4 is 4.90 Å². The van der Waals surface area contributed by atoms with E-state index in [2.05, 4.69) is 39.8 Å². The molecule has 0 radical (unpaired) electrons. The fourth-order valence-electron chi connectivity index (χ4n) is 6.43. The first-order valence-electron chi connectivity index (χ1n) is 9.15. The highest BCUT2D eigenvalue weighted by Crippen LogP contribution is 2.69. The van der Waals surface area contributed by atoms with Crippen molar-refractivity contribution >= 4 is 11.6 Å². The lowest BCUT2D eigenvalue weighted by molar-refractivity contribution is -0.136. The van der Waals surface area contributed by atoms with E-state index in [9.17, 15) is 9.90 Å². The average molecular weight is 327 g/mol. The Morgan fingerprint density at radius 1 is 1.25 bits per heavy atom. The topological polar surface area (TPSA) is 49.8 Å². The fourth-order valence-corrected chi connectivity index (χ4v) is 6.43. The highest BCUT2D eigenvalue weighted by molar-refractivity contribution is 6.01. The van der Waals surface area contributed by atoms with E-state index in [0.717, 1.165) is 23.2 Å². The molecule has 2 heterocycles. The second-order valence-corrected chi connectivity index (χ2v) is 8.51. The predicted molar refractivity (Wildman–Crippen MR) is 90.4 cm³/mol. The normalized spacial score (nSPS) is 45.1. The number of nitrogens with zero attached hydrogens (tertiary/aromatic N) is 1. The molecule has 1 amide bonds. The van der Waals surface area contributed by atoms with Crippen LogP contribution in [0.1, 0.15) is 31.4 Å². The van der Waals surface area contributed by atoms with E-state index in [1.54, 1.807) is 0 Å². The van der Waals surface area contributed by atoms with Crippen molar-refractivity contribution in [3.05, 3.63) is 29.3 Å². The predicted octanol–water partition coefficient (Wildman–Crippen LogP) is 2.64. The van der Waals surface area contributed by atoms with E-state index in [1.165, 1.54) is 0 Å². The Morgan fingerprint density at radius 2 is 1.92 bits per heavy atom. The molecule has 2 bridgehead atoms. The Labute approximate surface area is 142 Å². The number of carbonyl (C=O) groups excluding carboxylic acids is 1. The van der Waals surface area contributed by atoms with Crippen LogP contribution in [0.15, 0.2) is 18.2 Å². The van der Waals surface area contributed by atoms with Gasteiger partial charge < -0.3 is 9.84 Å². The largest absolute Gasteiger partial charge is 0.390 e. The molecule has 4 nitrogen and oxygen atoms in total. The van der Waals surface area contributed by atoms with Crippen molar-refractivity contribution in [3.63, 3.8) is 0 Å². The number of aliphatic hydroxyl groups excluding tert-OH is 1. The number of hydrogen-bond acceptors (Lipinski definition) is 3. The van der Waals surface area contributed by atoms with Crippen LogP contribution in [0.4, 0.5) is 5.69 Å². The third-order valence-electron chi connectivity index (χ3n) is 7.20. The lowest BCUT2D eigenvalue weighted by atomic mass is 9.74. The number of aryl methyl sites for hydroxylation is 2. The van der Waals surface area contributed by atoms with Crippen LogP contribution in [0.3, 0.4) is 0 Å². The van der Waals surface area contributed by atoms with Gasteiger partial charge in [-0.2, -0.15) is 0 Å². The first kappa shape index (κ1) is 14.9.